The van der Waals surface area contributed by atoms with Crippen LogP contribution in [0.2, 0.25) is 0 Å². The van der Waals surface area contributed by atoms with Crippen molar-refractivity contribution in [1.82, 2.24) is 4.98 Å². The highest BCUT2D eigenvalue weighted by atomic mass is 32.1. The van der Waals surface area contributed by atoms with E-state index in [1.807, 2.05) is 28.5 Å². The third-order valence-corrected chi connectivity index (χ3v) is 6.62. The first kappa shape index (κ1) is 19.8. The Kier molecular flexibility index (Phi) is 5.19. The second-order valence-electron chi connectivity index (χ2n) is 7.70. The number of hydrogen-bond acceptors (Lipinski definition) is 6. The smallest absolute Gasteiger partial charge is 0.345 e. The zero-order chi connectivity index (χ0) is 21.4. The summed E-state index contributed by atoms with van der Waals surface area (Å²) < 4.78 is 25.4. The molecule has 158 valence electrons. The lowest BCUT2D eigenvalue weighted by Gasteiger charge is -2.32. The molecule has 0 bridgehead atoms. The van der Waals surface area contributed by atoms with Crippen LogP contribution in [0.15, 0.2) is 63.1 Å². The number of rotatable bonds is 6. The lowest BCUT2D eigenvalue weighted by Crippen LogP contribution is -2.29. The zero-order valence-electron chi connectivity index (χ0n) is 17.0. The summed E-state index contributed by atoms with van der Waals surface area (Å²) in [5.74, 6) is 0.743. The van der Waals surface area contributed by atoms with E-state index in [1.165, 1.54) is 30.9 Å². The number of aromatic nitrogens is 1. The lowest BCUT2D eigenvalue weighted by molar-refractivity contribution is 0.323. The van der Waals surface area contributed by atoms with E-state index in [4.69, 9.17) is 14.1 Å². The molecule has 1 aliphatic rings. The van der Waals surface area contributed by atoms with Crippen molar-refractivity contribution in [1.29, 1.82) is 0 Å². The Balaban J connectivity index is 1.55. The van der Waals surface area contributed by atoms with Gasteiger partial charge in [0.15, 0.2) is 16.5 Å². The molecule has 1 aliphatic carbocycles. The van der Waals surface area contributed by atoms with E-state index in [-0.39, 0.29) is 5.82 Å². The molecule has 4 aromatic rings. The van der Waals surface area contributed by atoms with Crippen LogP contribution in [0, 0.1) is 11.7 Å². The van der Waals surface area contributed by atoms with Gasteiger partial charge in [-0.15, -0.1) is 11.3 Å². The minimum absolute atomic E-state index is 0.282. The Hall–Kier alpha value is -3.19. The molecule has 2 aromatic heterocycles. The van der Waals surface area contributed by atoms with Crippen LogP contribution in [0.25, 0.3) is 22.2 Å². The van der Waals surface area contributed by atoms with Crippen molar-refractivity contribution in [2.45, 2.75) is 19.3 Å². The van der Waals surface area contributed by atoms with Crippen LogP contribution < -0.4 is 15.3 Å². The van der Waals surface area contributed by atoms with Crippen molar-refractivity contribution < 1.29 is 13.5 Å². The van der Waals surface area contributed by atoms with Gasteiger partial charge in [-0.3, -0.25) is 0 Å². The Morgan fingerprint density at radius 3 is 2.81 bits per heavy atom. The predicted molar refractivity (Wildman–Crippen MR) is 121 cm³/mol. The minimum Gasteiger partial charge on any atom is -0.493 e. The molecule has 0 unspecified atom stereocenters. The van der Waals surface area contributed by atoms with Gasteiger partial charge in [0, 0.05) is 17.3 Å². The van der Waals surface area contributed by atoms with Gasteiger partial charge in [-0.25, -0.2) is 14.2 Å². The molecular formula is C24H21FN2O3S. The first-order chi connectivity index (χ1) is 15.1. The Morgan fingerprint density at radius 2 is 2.06 bits per heavy atom. The highest BCUT2D eigenvalue weighted by Gasteiger charge is 2.25. The number of thiazole rings is 1. The fraction of sp³-hybridized carbons (Fsp3) is 0.250. The third-order valence-electron chi connectivity index (χ3n) is 5.75. The SMILES string of the molecule is COc1cccc2cc(-c3csc(N(CC4CCC4)c4ccccc4F)n3)c(=O)oc12. The second-order valence-corrected chi connectivity index (χ2v) is 8.54. The summed E-state index contributed by atoms with van der Waals surface area (Å²) in [5, 5.41) is 3.24. The van der Waals surface area contributed by atoms with E-state index >= 15 is 0 Å². The maximum atomic E-state index is 14.6. The molecule has 0 radical (unpaired) electrons. The predicted octanol–water partition coefficient (Wildman–Crippen LogP) is 6.00. The molecule has 5 rings (SSSR count). The van der Waals surface area contributed by atoms with Gasteiger partial charge in [0.1, 0.15) is 5.82 Å². The molecule has 2 aromatic carbocycles. The van der Waals surface area contributed by atoms with Crippen molar-refractivity contribution >= 4 is 33.1 Å². The standard InChI is InChI=1S/C24H21FN2O3S/c1-29-21-11-5-8-16-12-17(23(28)30-22(16)21)19-14-31-24(26-19)27(13-15-6-4-7-15)20-10-3-2-9-18(20)25/h2-3,5,8-12,14-15H,4,6-7,13H2,1H3. The topological polar surface area (TPSA) is 55.6 Å². The lowest BCUT2D eigenvalue weighted by atomic mass is 9.85. The number of para-hydroxylation sites is 2. The maximum Gasteiger partial charge on any atom is 0.345 e. The summed E-state index contributed by atoms with van der Waals surface area (Å²) >= 11 is 1.40. The van der Waals surface area contributed by atoms with Gasteiger partial charge in [-0.05, 0) is 43.0 Å². The van der Waals surface area contributed by atoms with Crippen LogP contribution in [-0.2, 0) is 0 Å². The van der Waals surface area contributed by atoms with E-state index in [0.717, 1.165) is 18.2 Å². The van der Waals surface area contributed by atoms with Gasteiger partial charge in [-0.2, -0.15) is 0 Å². The Labute approximate surface area is 182 Å². The van der Waals surface area contributed by atoms with E-state index in [2.05, 4.69) is 0 Å². The summed E-state index contributed by atoms with van der Waals surface area (Å²) in [6, 6.07) is 14.0. The first-order valence-corrected chi connectivity index (χ1v) is 11.1. The van der Waals surface area contributed by atoms with Gasteiger partial charge < -0.3 is 14.1 Å². The molecule has 0 spiro atoms. The monoisotopic (exact) mass is 436 g/mol. The van der Waals surface area contributed by atoms with Crippen LogP contribution in [-0.4, -0.2) is 18.6 Å². The number of benzene rings is 2. The highest BCUT2D eigenvalue weighted by Crippen LogP contribution is 2.37. The molecule has 5 nitrogen and oxygen atoms in total. The molecule has 0 saturated heterocycles. The van der Waals surface area contributed by atoms with Crippen LogP contribution in [0.4, 0.5) is 15.2 Å². The molecule has 2 heterocycles. The molecule has 1 fully saturated rings. The fourth-order valence-corrected chi connectivity index (χ4v) is 4.70. The summed E-state index contributed by atoms with van der Waals surface area (Å²) in [7, 11) is 1.54. The largest absolute Gasteiger partial charge is 0.493 e. The van der Waals surface area contributed by atoms with Crippen LogP contribution in [0.1, 0.15) is 19.3 Å². The van der Waals surface area contributed by atoms with Crippen molar-refractivity contribution in [2.75, 3.05) is 18.6 Å². The van der Waals surface area contributed by atoms with Crippen LogP contribution in [0.3, 0.4) is 0 Å². The van der Waals surface area contributed by atoms with Gasteiger partial charge in [0.2, 0.25) is 0 Å². The Bertz CT molecular complexity index is 1300. The summed E-state index contributed by atoms with van der Waals surface area (Å²) in [6.07, 6.45) is 3.49. The van der Waals surface area contributed by atoms with Crippen LogP contribution >= 0.6 is 11.3 Å². The number of nitrogens with zero attached hydrogens (tertiary/aromatic N) is 2. The molecule has 31 heavy (non-hydrogen) atoms. The molecule has 1 saturated carbocycles. The quantitative estimate of drug-likeness (QED) is 0.347. The maximum absolute atomic E-state index is 14.6. The van der Waals surface area contributed by atoms with Gasteiger partial charge in [-0.1, -0.05) is 30.7 Å². The normalized spacial score (nSPS) is 13.9. The number of anilines is 2. The molecule has 0 N–H and O–H groups in total. The van der Waals surface area contributed by atoms with Gasteiger partial charge in [0.05, 0.1) is 24.1 Å². The summed E-state index contributed by atoms with van der Waals surface area (Å²) in [4.78, 5) is 19.3. The number of methoxy groups -OCH3 is 1. The van der Waals surface area contributed by atoms with E-state index < -0.39 is 5.63 Å². The van der Waals surface area contributed by atoms with E-state index in [9.17, 15) is 9.18 Å². The number of halogens is 1. The second kappa shape index (κ2) is 8.15. The van der Waals surface area contributed by atoms with Gasteiger partial charge >= 0.3 is 5.63 Å². The third kappa shape index (κ3) is 3.70. The highest BCUT2D eigenvalue weighted by molar-refractivity contribution is 7.14. The zero-order valence-corrected chi connectivity index (χ0v) is 17.8. The molecule has 7 heteroatoms. The first-order valence-electron chi connectivity index (χ1n) is 10.2. The number of ether oxygens (including phenoxy) is 1. The Morgan fingerprint density at radius 1 is 1.23 bits per heavy atom. The number of fused-ring (bicyclic) bond motifs is 1. The van der Waals surface area contributed by atoms with Crippen molar-refractivity contribution in [2.24, 2.45) is 5.92 Å². The molecule has 0 amide bonds. The summed E-state index contributed by atoms with van der Waals surface area (Å²) in [5.41, 5.74) is 1.33. The van der Waals surface area contributed by atoms with Crippen molar-refractivity contribution in [3.8, 4) is 17.0 Å². The van der Waals surface area contributed by atoms with E-state index in [0.29, 0.717) is 45.9 Å². The van der Waals surface area contributed by atoms with Gasteiger partial charge in [0.25, 0.3) is 0 Å². The molecular weight excluding hydrogens is 415 g/mol. The minimum atomic E-state index is -0.481. The van der Waals surface area contributed by atoms with E-state index in [1.54, 1.807) is 24.3 Å². The van der Waals surface area contributed by atoms with Crippen molar-refractivity contribution in [3.05, 3.63) is 70.1 Å². The average molecular weight is 437 g/mol. The van der Waals surface area contributed by atoms with Crippen molar-refractivity contribution in [3.63, 3.8) is 0 Å². The number of hydrogen-bond donors (Lipinski definition) is 0. The molecule has 0 atom stereocenters. The summed E-state index contributed by atoms with van der Waals surface area (Å²) in [6.45, 7) is 0.706. The fourth-order valence-electron chi connectivity index (χ4n) is 3.85. The van der Waals surface area contributed by atoms with Crippen LogP contribution in [0.5, 0.6) is 5.75 Å². The molecule has 0 aliphatic heterocycles. The average Bonchev–Trinajstić information content (AvgIpc) is 3.22.